The zero-order chi connectivity index (χ0) is 76.0. The molecule has 0 aromatic carbocycles. The molecule has 0 amide bonds. The smallest absolute Gasteiger partial charge is 0.462 e. The van der Waals surface area contributed by atoms with E-state index >= 15 is 0 Å². The molecule has 19 heteroatoms. The molecule has 17 nitrogen and oxygen atoms in total. The van der Waals surface area contributed by atoms with Gasteiger partial charge in [-0.3, -0.25) is 37.3 Å². The maximum absolute atomic E-state index is 13.1. The van der Waals surface area contributed by atoms with Gasteiger partial charge in [0.1, 0.15) is 19.3 Å². The van der Waals surface area contributed by atoms with Gasteiger partial charge in [0.05, 0.1) is 32.8 Å². The zero-order valence-corrected chi connectivity index (χ0v) is 66.2. The highest BCUT2D eigenvalue weighted by Crippen LogP contribution is 2.45. The SMILES string of the molecule is CC/C=C\C/C=C\C/C=C\C/C=C\C/C=C\CC(=O)OC(COC(=O)CCCCCCCCC/C=C\C/C=C\C/C=C\CC)COP(=O)(O)OCC(O)COP(=O)(O)OCC(COC(=O)CCCCCCCCC/C=C\C/C=C\C/C=C\CC)OC(=O)CCCCCCC/C=C\C/C=C\C/C=C\CC. The van der Waals surface area contributed by atoms with Crippen molar-refractivity contribution in [3.63, 3.8) is 0 Å². The highest BCUT2D eigenvalue weighted by atomic mass is 31.2. The number of phosphoric ester groups is 2. The van der Waals surface area contributed by atoms with Crippen LogP contribution in [-0.2, 0) is 65.4 Å². The van der Waals surface area contributed by atoms with Crippen LogP contribution < -0.4 is 0 Å². The van der Waals surface area contributed by atoms with E-state index in [0.29, 0.717) is 25.7 Å². The van der Waals surface area contributed by atoms with E-state index in [9.17, 15) is 43.2 Å². The van der Waals surface area contributed by atoms with Gasteiger partial charge in [-0.15, -0.1) is 0 Å². The molecule has 0 saturated carbocycles. The Labute approximate surface area is 629 Å². The number of esters is 4. The number of hydrogen-bond acceptors (Lipinski definition) is 15. The third kappa shape index (κ3) is 74.7. The summed E-state index contributed by atoms with van der Waals surface area (Å²) in [6.07, 6.45) is 89.4. The quantitative estimate of drug-likeness (QED) is 0.0169. The number of rotatable bonds is 72. The van der Waals surface area contributed by atoms with Crippen molar-refractivity contribution < 1.29 is 80.2 Å². The van der Waals surface area contributed by atoms with Crippen molar-refractivity contribution in [2.24, 2.45) is 0 Å². The standard InChI is InChI=1S/C85H138O17P2/c1-5-9-13-17-21-25-29-33-37-39-43-45-49-53-57-61-65-69-82(87)95-75-80(101-84(89)71-67-63-59-55-51-47-41-35-31-27-23-19-15-11-7-3)77-99-103(91,92)97-73-79(86)74-98-104(93,94)100-78-81(102-85(90)72-68-64-60-56-52-48-42-36-32-28-24-20-16-12-8-4)76-96-83(88)70-66-62-58-54-50-46-44-40-38-34-30-26-22-18-14-10-6-2/h9-16,21-28,33-38,41-42,51,55,63,67,79-81,86H,5-8,17-20,29-32,39-40,43-50,52-54,56-62,64-66,68-78H2,1-4H3,(H,91,92)(H,93,94)/b13-9-,14-10-,15-11-,16-12-,25-21-,26-22-,27-23-,28-24-,37-33-,38-34-,41-35-,42-36-,55-51-,67-63-. The summed E-state index contributed by atoms with van der Waals surface area (Å²) in [5.74, 6) is -2.37. The molecular formula is C85H138O17P2. The average molecular weight is 1490 g/mol. The summed E-state index contributed by atoms with van der Waals surface area (Å²) in [6, 6.07) is 0. The highest BCUT2D eigenvalue weighted by molar-refractivity contribution is 7.47. The molecule has 0 aromatic rings. The van der Waals surface area contributed by atoms with E-state index in [2.05, 4.69) is 174 Å². The van der Waals surface area contributed by atoms with Crippen LogP contribution in [0, 0.1) is 0 Å². The van der Waals surface area contributed by atoms with E-state index in [1.165, 1.54) is 0 Å². The van der Waals surface area contributed by atoms with Crippen LogP contribution in [0.4, 0.5) is 0 Å². The first-order valence-electron chi connectivity index (χ1n) is 39.4. The van der Waals surface area contributed by atoms with Crippen molar-refractivity contribution in [3.05, 3.63) is 170 Å². The summed E-state index contributed by atoms with van der Waals surface area (Å²) in [7, 11) is -10.0. The fourth-order valence-electron chi connectivity index (χ4n) is 9.87. The summed E-state index contributed by atoms with van der Waals surface area (Å²) < 4.78 is 68.4. The normalized spacial score (nSPS) is 14.8. The molecule has 0 rings (SSSR count). The Balaban J connectivity index is 5.46. The Morgan fingerprint density at radius 2 is 0.510 bits per heavy atom. The number of allylic oxidation sites excluding steroid dienone is 27. The maximum Gasteiger partial charge on any atom is 0.472 e. The first kappa shape index (κ1) is 98.4. The van der Waals surface area contributed by atoms with E-state index in [1.54, 1.807) is 12.2 Å². The molecule has 0 aliphatic carbocycles. The molecule has 5 unspecified atom stereocenters. The molecule has 0 heterocycles. The molecule has 5 atom stereocenters. The molecule has 0 spiro atoms. The van der Waals surface area contributed by atoms with Gasteiger partial charge in [0.15, 0.2) is 12.2 Å². The number of aliphatic hydroxyl groups excluding tert-OH is 1. The summed E-state index contributed by atoms with van der Waals surface area (Å²) in [5, 5.41) is 10.6. The number of phosphoric acid groups is 2. The minimum absolute atomic E-state index is 0.0650. The molecule has 0 aromatic heterocycles. The topological polar surface area (TPSA) is 237 Å². The minimum atomic E-state index is -5.01. The fourth-order valence-corrected chi connectivity index (χ4v) is 11.4. The molecule has 590 valence electrons. The minimum Gasteiger partial charge on any atom is -0.462 e. The predicted octanol–water partition coefficient (Wildman–Crippen LogP) is 23.0. The fraction of sp³-hybridized carbons (Fsp3) is 0.624. The molecule has 0 fully saturated rings. The lowest BCUT2D eigenvalue weighted by Gasteiger charge is -2.21. The molecule has 3 N–H and O–H groups in total. The summed E-state index contributed by atoms with van der Waals surface area (Å²) in [4.78, 5) is 73.0. The number of carbonyl (C=O) groups is 4. The van der Waals surface area contributed by atoms with Crippen LogP contribution in [-0.4, -0.2) is 96.7 Å². The lowest BCUT2D eigenvalue weighted by Crippen LogP contribution is -2.30. The number of aliphatic hydroxyl groups is 1. The third-order valence-electron chi connectivity index (χ3n) is 15.7. The Morgan fingerprint density at radius 1 is 0.279 bits per heavy atom. The molecule has 0 bridgehead atoms. The van der Waals surface area contributed by atoms with Gasteiger partial charge in [0, 0.05) is 19.3 Å². The van der Waals surface area contributed by atoms with Gasteiger partial charge < -0.3 is 33.8 Å². The number of carbonyl (C=O) groups excluding carboxylic acids is 4. The molecule has 0 radical (unpaired) electrons. The Kier molecular flexibility index (Phi) is 71.6. The van der Waals surface area contributed by atoms with Crippen molar-refractivity contribution in [3.8, 4) is 0 Å². The summed E-state index contributed by atoms with van der Waals surface area (Å²) in [6.45, 7) is 4.26. The molecular weight excluding hydrogens is 1350 g/mol. The van der Waals surface area contributed by atoms with Crippen LogP contribution in [0.3, 0.4) is 0 Å². The largest absolute Gasteiger partial charge is 0.472 e. The average Bonchev–Trinajstić information content (AvgIpc) is 1.21. The zero-order valence-electron chi connectivity index (χ0n) is 64.4. The monoisotopic (exact) mass is 1490 g/mol. The molecule has 0 saturated heterocycles. The third-order valence-corrected chi connectivity index (χ3v) is 17.6. The Morgan fingerprint density at radius 3 is 0.808 bits per heavy atom. The van der Waals surface area contributed by atoms with Crippen LogP contribution in [0.15, 0.2) is 170 Å². The molecule has 104 heavy (non-hydrogen) atoms. The maximum atomic E-state index is 13.1. The molecule has 0 aliphatic heterocycles. The van der Waals surface area contributed by atoms with E-state index in [4.69, 9.17) is 37.0 Å². The first-order chi connectivity index (χ1) is 50.7. The van der Waals surface area contributed by atoms with Crippen molar-refractivity contribution in [2.75, 3.05) is 39.6 Å². The lowest BCUT2D eigenvalue weighted by molar-refractivity contribution is -0.161. The van der Waals surface area contributed by atoms with Crippen LogP contribution in [0.1, 0.15) is 285 Å². The van der Waals surface area contributed by atoms with Gasteiger partial charge in [-0.05, 0) is 148 Å². The van der Waals surface area contributed by atoms with Crippen LogP contribution in [0.2, 0.25) is 0 Å². The van der Waals surface area contributed by atoms with Crippen molar-refractivity contribution in [1.82, 2.24) is 0 Å². The number of unbranched alkanes of at least 4 members (excludes halogenated alkanes) is 19. The number of ether oxygens (including phenoxy) is 4. The second-order valence-corrected chi connectivity index (χ2v) is 28.4. The van der Waals surface area contributed by atoms with Gasteiger partial charge in [-0.1, -0.05) is 281 Å². The van der Waals surface area contributed by atoms with E-state index in [0.717, 1.165) is 205 Å². The Bertz CT molecular complexity index is 2640. The van der Waals surface area contributed by atoms with Crippen LogP contribution >= 0.6 is 15.6 Å². The predicted molar refractivity (Wildman–Crippen MR) is 426 cm³/mol. The first-order valence-corrected chi connectivity index (χ1v) is 42.4. The van der Waals surface area contributed by atoms with Gasteiger partial charge in [-0.2, -0.15) is 0 Å². The van der Waals surface area contributed by atoms with E-state index < -0.39 is 97.5 Å². The molecule has 0 aliphatic rings. The second-order valence-electron chi connectivity index (χ2n) is 25.5. The highest BCUT2D eigenvalue weighted by Gasteiger charge is 2.30. The second kappa shape index (κ2) is 75.6. The Hall–Kier alpha value is -5.58. The van der Waals surface area contributed by atoms with Crippen LogP contribution in [0.25, 0.3) is 0 Å². The van der Waals surface area contributed by atoms with Gasteiger partial charge in [0.2, 0.25) is 0 Å². The van der Waals surface area contributed by atoms with Crippen molar-refractivity contribution in [2.45, 2.75) is 303 Å². The van der Waals surface area contributed by atoms with Gasteiger partial charge >= 0.3 is 39.5 Å². The van der Waals surface area contributed by atoms with Crippen LogP contribution in [0.5, 0.6) is 0 Å². The van der Waals surface area contributed by atoms with E-state index in [1.807, 2.05) is 12.2 Å². The van der Waals surface area contributed by atoms with Crippen molar-refractivity contribution in [1.29, 1.82) is 0 Å². The van der Waals surface area contributed by atoms with E-state index in [-0.39, 0.29) is 25.7 Å². The summed E-state index contributed by atoms with van der Waals surface area (Å²) >= 11 is 0. The summed E-state index contributed by atoms with van der Waals surface area (Å²) in [5.41, 5.74) is 0. The lowest BCUT2D eigenvalue weighted by atomic mass is 10.1. The van der Waals surface area contributed by atoms with Crippen molar-refractivity contribution >= 4 is 39.5 Å². The number of hydrogen-bond donors (Lipinski definition) is 3. The van der Waals surface area contributed by atoms with Gasteiger partial charge in [-0.25, -0.2) is 9.13 Å². The van der Waals surface area contributed by atoms with Gasteiger partial charge in [0.25, 0.3) is 0 Å².